The van der Waals surface area contributed by atoms with Gasteiger partial charge in [-0.1, -0.05) is 0 Å². The number of methoxy groups -OCH3 is 1. The Bertz CT molecular complexity index is 1190. The summed E-state index contributed by atoms with van der Waals surface area (Å²) < 4.78 is 50.6. The molecule has 2 N–H and O–H groups in total. The maximum absolute atomic E-state index is 13.4. The lowest BCUT2D eigenvalue weighted by atomic mass is 9.75. The van der Waals surface area contributed by atoms with Gasteiger partial charge in [-0.05, 0) is 79.9 Å². The Labute approximate surface area is 214 Å². The summed E-state index contributed by atoms with van der Waals surface area (Å²) in [6, 6.07) is 7.42. The molecule has 0 spiro atoms. The number of hydrogen-bond acceptors (Lipinski definition) is 6. The van der Waals surface area contributed by atoms with Gasteiger partial charge < -0.3 is 19.7 Å². The summed E-state index contributed by atoms with van der Waals surface area (Å²) in [7, 11) is 1.62. The van der Waals surface area contributed by atoms with Crippen molar-refractivity contribution in [2.75, 3.05) is 40.0 Å². The summed E-state index contributed by atoms with van der Waals surface area (Å²) in [6.45, 7) is 2.34. The number of halogens is 3. The minimum atomic E-state index is -1.51. The van der Waals surface area contributed by atoms with Crippen LogP contribution in [0.2, 0.25) is 0 Å². The highest BCUT2D eigenvalue weighted by Gasteiger charge is 2.33. The van der Waals surface area contributed by atoms with Gasteiger partial charge in [-0.25, -0.2) is 13.2 Å². The van der Waals surface area contributed by atoms with E-state index in [0.29, 0.717) is 6.54 Å². The smallest absolute Gasteiger partial charge is 0.194 e. The number of aryl methyl sites for hydroxylation is 1. The molecule has 9 heteroatoms. The summed E-state index contributed by atoms with van der Waals surface area (Å²) >= 11 is 0. The third kappa shape index (κ3) is 6.34. The molecule has 200 valence electrons. The predicted octanol–water partition coefficient (Wildman–Crippen LogP) is 4.63. The van der Waals surface area contributed by atoms with Crippen molar-refractivity contribution in [3.05, 3.63) is 65.1 Å². The molecule has 1 aliphatic rings. The molecule has 0 aliphatic carbocycles. The molecule has 0 atom stereocenters. The van der Waals surface area contributed by atoms with Crippen molar-refractivity contribution in [2.45, 2.75) is 38.7 Å². The molecule has 3 aromatic rings. The van der Waals surface area contributed by atoms with E-state index in [1.165, 1.54) is 0 Å². The molecule has 1 fully saturated rings. The van der Waals surface area contributed by atoms with E-state index < -0.39 is 17.5 Å². The lowest BCUT2D eigenvalue weighted by molar-refractivity contribution is 0.0316. The number of pyridine rings is 1. The SMILES string of the molecule is COc1ccc2ncc(CO)c(CCCC3(CO)CCN(CCOc4cc(F)c(F)c(F)c4)CC3)c2c1. The fourth-order valence-electron chi connectivity index (χ4n) is 5.11. The zero-order valence-electron chi connectivity index (χ0n) is 21.0. The van der Waals surface area contributed by atoms with E-state index in [9.17, 15) is 23.4 Å². The highest BCUT2D eigenvalue weighted by Crippen LogP contribution is 2.37. The molecule has 4 rings (SSSR count). The van der Waals surface area contributed by atoms with Gasteiger partial charge in [-0.15, -0.1) is 0 Å². The molecular formula is C28H33F3N2O4. The predicted molar refractivity (Wildman–Crippen MR) is 134 cm³/mol. The monoisotopic (exact) mass is 518 g/mol. The van der Waals surface area contributed by atoms with Crippen LogP contribution in [-0.4, -0.2) is 60.1 Å². The summed E-state index contributed by atoms with van der Waals surface area (Å²) in [6.07, 6.45) is 5.82. The van der Waals surface area contributed by atoms with Crippen molar-refractivity contribution < 1.29 is 32.9 Å². The molecule has 1 aliphatic heterocycles. The molecule has 0 unspecified atom stereocenters. The normalized spacial score (nSPS) is 15.7. The fraction of sp³-hybridized carbons (Fsp3) is 0.464. The second-order valence-electron chi connectivity index (χ2n) is 9.71. The van der Waals surface area contributed by atoms with Gasteiger partial charge in [0, 0.05) is 36.9 Å². The van der Waals surface area contributed by atoms with Crippen LogP contribution in [0.5, 0.6) is 11.5 Å². The van der Waals surface area contributed by atoms with E-state index in [-0.39, 0.29) is 31.0 Å². The molecule has 0 bridgehead atoms. The van der Waals surface area contributed by atoms with Crippen molar-refractivity contribution in [3.8, 4) is 11.5 Å². The molecule has 0 radical (unpaired) electrons. The van der Waals surface area contributed by atoms with Crippen LogP contribution in [0, 0.1) is 22.9 Å². The van der Waals surface area contributed by atoms with Crippen LogP contribution in [0.4, 0.5) is 13.2 Å². The Morgan fingerprint density at radius 2 is 1.76 bits per heavy atom. The summed E-state index contributed by atoms with van der Waals surface area (Å²) in [5.41, 5.74) is 2.53. The minimum absolute atomic E-state index is 0.0402. The number of nitrogens with zero attached hydrogens (tertiary/aromatic N) is 2. The van der Waals surface area contributed by atoms with E-state index in [0.717, 1.165) is 85.1 Å². The highest BCUT2D eigenvalue weighted by molar-refractivity contribution is 5.84. The fourth-order valence-corrected chi connectivity index (χ4v) is 5.11. The number of benzene rings is 2. The van der Waals surface area contributed by atoms with Crippen LogP contribution in [0.25, 0.3) is 10.9 Å². The maximum atomic E-state index is 13.4. The van der Waals surface area contributed by atoms with Crippen LogP contribution in [-0.2, 0) is 13.0 Å². The van der Waals surface area contributed by atoms with Crippen LogP contribution in [0.3, 0.4) is 0 Å². The lowest BCUT2D eigenvalue weighted by Gasteiger charge is -2.41. The second kappa shape index (κ2) is 12.1. The molecule has 0 amide bonds. The topological polar surface area (TPSA) is 75.0 Å². The summed E-state index contributed by atoms with van der Waals surface area (Å²) in [5.74, 6) is -3.35. The van der Waals surface area contributed by atoms with Gasteiger partial charge in [-0.3, -0.25) is 9.88 Å². The standard InChI is InChI=1S/C28H33F3N2O4/c1-36-20-4-5-26-23(13-20)22(19(17-34)16-32-26)3-2-6-28(18-35)7-9-33(10-8-28)11-12-37-21-14-24(29)27(31)25(30)15-21/h4-5,13-16,34-35H,2-3,6-12,17-18H2,1H3. The van der Waals surface area contributed by atoms with Gasteiger partial charge in [0.1, 0.15) is 18.1 Å². The Balaban J connectivity index is 1.31. The van der Waals surface area contributed by atoms with Gasteiger partial charge in [-0.2, -0.15) is 0 Å². The second-order valence-corrected chi connectivity index (χ2v) is 9.71. The Kier molecular flexibility index (Phi) is 8.89. The van der Waals surface area contributed by atoms with Crippen LogP contribution in [0.15, 0.2) is 36.5 Å². The van der Waals surface area contributed by atoms with E-state index >= 15 is 0 Å². The van der Waals surface area contributed by atoms with Gasteiger partial charge in [0.05, 0.1) is 19.2 Å². The zero-order valence-corrected chi connectivity index (χ0v) is 21.0. The van der Waals surface area contributed by atoms with Gasteiger partial charge in [0.15, 0.2) is 17.5 Å². The van der Waals surface area contributed by atoms with Crippen molar-refractivity contribution in [3.63, 3.8) is 0 Å². The van der Waals surface area contributed by atoms with Crippen LogP contribution in [0.1, 0.15) is 36.8 Å². The van der Waals surface area contributed by atoms with Crippen molar-refractivity contribution in [2.24, 2.45) is 5.41 Å². The van der Waals surface area contributed by atoms with Crippen molar-refractivity contribution in [1.82, 2.24) is 9.88 Å². The van der Waals surface area contributed by atoms with E-state index in [2.05, 4.69) is 9.88 Å². The van der Waals surface area contributed by atoms with Crippen LogP contribution < -0.4 is 9.47 Å². The number of aromatic nitrogens is 1. The quantitative estimate of drug-likeness (QED) is 0.361. The average molecular weight is 519 g/mol. The van der Waals surface area contributed by atoms with Gasteiger partial charge in [0.2, 0.25) is 0 Å². The number of rotatable bonds is 11. The number of ether oxygens (including phenoxy) is 2. The minimum Gasteiger partial charge on any atom is -0.497 e. The van der Waals surface area contributed by atoms with E-state index in [4.69, 9.17) is 9.47 Å². The first-order chi connectivity index (χ1) is 17.9. The maximum Gasteiger partial charge on any atom is 0.194 e. The molecule has 2 heterocycles. The Hall–Kier alpha value is -2.88. The summed E-state index contributed by atoms with van der Waals surface area (Å²) in [4.78, 5) is 6.65. The molecular weight excluding hydrogens is 485 g/mol. The first-order valence-corrected chi connectivity index (χ1v) is 12.5. The Morgan fingerprint density at radius 3 is 2.41 bits per heavy atom. The number of aliphatic hydroxyl groups is 2. The first kappa shape index (κ1) is 27.2. The summed E-state index contributed by atoms with van der Waals surface area (Å²) in [5, 5.41) is 21.1. The van der Waals surface area contributed by atoms with E-state index in [1.807, 2.05) is 18.2 Å². The largest absolute Gasteiger partial charge is 0.497 e. The van der Waals surface area contributed by atoms with Crippen molar-refractivity contribution in [1.29, 1.82) is 0 Å². The number of aliphatic hydroxyl groups excluding tert-OH is 2. The highest BCUT2D eigenvalue weighted by atomic mass is 19.2. The van der Waals surface area contributed by atoms with E-state index in [1.54, 1.807) is 13.3 Å². The van der Waals surface area contributed by atoms with Crippen molar-refractivity contribution >= 4 is 10.9 Å². The molecule has 1 aromatic heterocycles. The zero-order chi connectivity index (χ0) is 26.4. The Morgan fingerprint density at radius 1 is 1.03 bits per heavy atom. The van der Waals surface area contributed by atoms with Crippen LogP contribution >= 0.6 is 0 Å². The number of hydrogen-bond donors (Lipinski definition) is 2. The molecule has 0 saturated carbocycles. The number of piperidine rings is 1. The third-order valence-electron chi connectivity index (χ3n) is 7.47. The number of likely N-dealkylation sites (tertiary alicyclic amines) is 1. The molecule has 6 nitrogen and oxygen atoms in total. The molecule has 2 aromatic carbocycles. The average Bonchev–Trinajstić information content (AvgIpc) is 2.92. The molecule has 37 heavy (non-hydrogen) atoms. The number of fused-ring (bicyclic) bond motifs is 1. The first-order valence-electron chi connectivity index (χ1n) is 12.5. The van der Waals surface area contributed by atoms with Gasteiger partial charge >= 0.3 is 0 Å². The third-order valence-corrected chi connectivity index (χ3v) is 7.47. The lowest BCUT2D eigenvalue weighted by Crippen LogP contribution is -2.43. The van der Waals surface area contributed by atoms with Gasteiger partial charge in [0.25, 0.3) is 0 Å². The molecule has 1 saturated heterocycles.